The molecule has 0 spiro atoms. The van der Waals surface area contributed by atoms with E-state index in [1.165, 1.54) is 38.9 Å². The molecule has 2 fully saturated rings. The van der Waals surface area contributed by atoms with Gasteiger partial charge in [0, 0.05) is 18.1 Å². The van der Waals surface area contributed by atoms with E-state index in [1.54, 1.807) is 0 Å². The number of hydrogen-bond donors (Lipinski definition) is 2. The van der Waals surface area contributed by atoms with Crippen LogP contribution in [-0.2, 0) is 0 Å². The minimum absolute atomic E-state index is 0.149. The molecule has 4 nitrogen and oxygen atoms in total. The van der Waals surface area contributed by atoms with Gasteiger partial charge in [0.2, 0.25) is 0 Å². The molecule has 0 aromatic carbocycles. The van der Waals surface area contributed by atoms with Gasteiger partial charge in [-0.05, 0) is 65.2 Å². The summed E-state index contributed by atoms with van der Waals surface area (Å²) in [6.45, 7) is 7.20. The zero-order valence-electron chi connectivity index (χ0n) is 12.6. The van der Waals surface area contributed by atoms with E-state index in [-0.39, 0.29) is 12.1 Å². The maximum Gasteiger partial charge on any atom is 0.0613 e. The quantitative estimate of drug-likeness (QED) is 0.796. The van der Waals surface area contributed by atoms with Crippen LogP contribution in [0.4, 0.5) is 0 Å². The van der Waals surface area contributed by atoms with Gasteiger partial charge in [-0.15, -0.1) is 0 Å². The van der Waals surface area contributed by atoms with Crippen LogP contribution in [-0.4, -0.2) is 66.3 Å². The first-order valence-corrected chi connectivity index (χ1v) is 7.87. The Kier molecular flexibility index (Phi) is 5.23. The lowest BCUT2D eigenvalue weighted by atomic mass is 9.86. The Morgan fingerprint density at radius 1 is 1.32 bits per heavy atom. The van der Waals surface area contributed by atoms with Gasteiger partial charge in [-0.25, -0.2) is 0 Å². The molecular weight excluding hydrogens is 238 g/mol. The number of aliphatic hydroxyl groups is 1. The fourth-order valence-electron chi connectivity index (χ4n) is 3.88. The van der Waals surface area contributed by atoms with Gasteiger partial charge in [-0.1, -0.05) is 6.42 Å². The van der Waals surface area contributed by atoms with Crippen molar-refractivity contribution in [3.05, 3.63) is 0 Å². The summed E-state index contributed by atoms with van der Waals surface area (Å²) in [7, 11) is 2.22. The largest absolute Gasteiger partial charge is 0.394 e. The third-order valence-corrected chi connectivity index (χ3v) is 5.25. The van der Waals surface area contributed by atoms with Gasteiger partial charge >= 0.3 is 0 Å². The number of aliphatic hydroxyl groups excluding tert-OH is 1. The molecule has 3 atom stereocenters. The van der Waals surface area contributed by atoms with Crippen molar-refractivity contribution in [3.8, 4) is 0 Å². The molecule has 0 amide bonds. The van der Waals surface area contributed by atoms with Crippen LogP contribution in [0.5, 0.6) is 0 Å². The summed E-state index contributed by atoms with van der Waals surface area (Å²) in [5.41, 5.74) is 6.03. The molecule has 19 heavy (non-hydrogen) atoms. The Balaban J connectivity index is 1.84. The minimum atomic E-state index is -0.300. The molecule has 3 N–H and O–H groups in total. The van der Waals surface area contributed by atoms with E-state index in [1.807, 2.05) is 0 Å². The van der Waals surface area contributed by atoms with Gasteiger partial charge in [0.1, 0.15) is 0 Å². The highest BCUT2D eigenvalue weighted by molar-refractivity contribution is 4.96. The molecule has 112 valence electrons. The van der Waals surface area contributed by atoms with Crippen LogP contribution in [0.15, 0.2) is 0 Å². The average Bonchev–Trinajstić information content (AvgIpc) is 2.67. The molecule has 1 heterocycles. The summed E-state index contributed by atoms with van der Waals surface area (Å²) >= 11 is 0. The number of nitrogens with two attached hydrogens (primary N) is 1. The van der Waals surface area contributed by atoms with E-state index in [0.717, 1.165) is 19.4 Å². The second-order valence-electron chi connectivity index (χ2n) is 6.77. The van der Waals surface area contributed by atoms with Crippen molar-refractivity contribution in [1.82, 2.24) is 9.80 Å². The van der Waals surface area contributed by atoms with Crippen LogP contribution < -0.4 is 5.73 Å². The Morgan fingerprint density at radius 2 is 2.11 bits per heavy atom. The Hall–Kier alpha value is -0.160. The van der Waals surface area contributed by atoms with Crippen LogP contribution in [0.2, 0.25) is 0 Å². The van der Waals surface area contributed by atoms with Gasteiger partial charge in [0.05, 0.1) is 6.61 Å². The van der Waals surface area contributed by atoms with Crippen LogP contribution >= 0.6 is 0 Å². The normalized spacial score (nSPS) is 38.5. The first kappa shape index (κ1) is 15.2. The standard InChI is InChI=1S/C15H31N3O/c1-13-11-17(2)8-4-9-18(13)10-6-14-5-3-7-15(14,16)12-19/h13-14,19H,3-12,16H2,1-2H3. The summed E-state index contributed by atoms with van der Waals surface area (Å²) in [4.78, 5) is 5.04. The second kappa shape index (κ2) is 6.53. The molecular formula is C15H31N3O. The summed E-state index contributed by atoms with van der Waals surface area (Å²) < 4.78 is 0. The van der Waals surface area contributed by atoms with Crippen molar-refractivity contribution in [2.45, 2.75) is 50.6 Å². The number of rotatable bonds is 4. The summed E-state index contributed by atoms with van der Waals surface area (Å²) in [5, 5.41) is 9.52. The van der Waals surface area contributed by atoms with Gasteiger partial charge < -0.3 is 15.7 Å². The maximum absolute atomic E-state index is 9.52. The zero-order valence-corrected chi connectivity index (χ0v) is 12.6. The molecule has 0 radical (unpaired) electrons. The molecule has 1 aliphatic carbocycles. The van der Waals surface area contributed by atoms with E-state index in [4.69, 9.17) is 5.73 Å². The Morgan fingerprint density at radius 3 is 2.84 bits per heavy atom. The summed E-state index contributed by atoms with van der Waals surface area (Å²) in [6.07, 6.45) is 5.77. The lowest BCUT2D eigenvalue weighted by Crippen LogP contribution is -2.48. The highest BCUT2D eigenvalue weighted by atomic mass is 16.3. The first-order chi connectivity index (χ1) is 9.05. The topological polar surface area (TPSA) is 52.7 Å². The predicted molar refractivity (Wildman–Crippen MR) is 79.1 cm³/mol. The van der Waals surface area contributed by atoms with Gasteiger partial charge in [-0.2, -0.15) is 0 Å². The van der Waals surface area contributed by atoms with Crippen molar-refractivity contribution in [1.29, 1.82) is 0 Å². The highest BCUT2D eigenvalue weighted by Crippen LogP contribution is 2.35. The summed E-state index contributed by atoms with van der Waals surface area (Å²) in [5.74, 6) is 0.505. The van der Waals surface area contributed by atoms with Crippen molar-refractivity contribution in [2.75, 3.05) is 39.8 Å². The number of hydrogen-bond acceptors (Lipinski definition) is 4. The van der Waals surface area contributed by atoms with Crippen molar-refractivity contribution >= 4 is 0 Å². The van der Waals surface area contributed by atoms with Crippen LogP contribution in [0, 0.1) is 5.92 Å². The number of nitrogens with zero attached hydrogens (tertiary/aromatic N) is 2. The first-order valence-electron chi connectivity index (χ1n) is 7.87. The van der Waals surface area contributed by atoms with E-state index in [9.17, 15) is 5.11 Å². The average molecular weight is 269 g/mol. The maximum atomic E-state index is 9.52. The smallest absolute Gasteiger partial charge is 0.0613 e. The second-order valence-corrected chi connectivity index (χ2v) is 6.77. The molecule has 2 aliphatic rings. The molecule has 0 bridgehead atoms. The Labute approximate surface area is 117 Å². The van der Waals surface area contributed by atoms with E-state index in [0.29, 0.717) is 12.0 Å². The van der Waals surface area contributed by atoms with E-state index < -0.39 is 0 Å². The fraction of sp³-hybridized carbons (Fsp3) is 1.00. The monoisotopic (exact) mass is 269 g/mol. The zero-order chi connectivity index (χ0) is 13.9. The van der Waals surface area contributed by atoms with Crippen LogP contribution in [0.1, 0.15) is 39.0 Å². The van der Waals surface area contributed by atoms with Crippen LogP contribution in [0.3, 0.4) is 0 Å². The summed E-state index contributed by atoms with van der Waals surface area (Å²) in [6, 6.07) is 0.634. The van der Waals surface area contributed by atoms with Crippen molar-refractivity contribution in [2.24, 2.45) is 11.7 Å². The molecule has 1 aliphatic heterocycles. The van der Waals surface area contributed by atoms with Gasteiger partial charge in [-0.3, -0.25) is 4.90 Å². The SMILES string of the molecule is CC1CN(C)CCCN1CCC1CCCC1(N)CO. The van der Waals surface area contributed by atoms with Crippen molar-refractivity contribution < 1.29 is 5.11 Å². The fourth-order valence-corrected chi connectivity index (χ4v) is 3.88. The molecule has 1 saturated carbocycles. The Bertz CT molecular complexity index is 287. The van der Waals surface area contributed by atoms with E-state index in [2.05, 4.69) is 23.8 Å². The molecule has 0 aromatic rings. The minimum Gasteiger partial charge on any atom is -0.394 e. The molecule has 3 unspecified atom stereocenters. The van der Waals surface area contributed by atoms with Crippen molar-refractivity contribution in [3.63, 3.8) is 0 Å². The van der Waals surface area contributed by atoms with Gasteiger partial charge in [0.15, 0.2) is 0 Å². The highest BCUT2D eigenvalue weighted by Gasteiger charge is 2.38. The van der Waals surface area contributed by atoms with Gasteiger partial charge in [0.25, 0.3) is 0 Å². The lowest BCUT2D eigenvalue weighted by molar-refractivity contribution is 0.134. The molecule has 0 aromatic heterocycles. The molecule has 4 heteroatoms. The third-order valence-electron chi connectivity index (χ3n) is 5.25. The molecule has 2 rings (SSSR count). The third kappa shape index (κ3) is 3.69. The molecule has 1 saturated heterocycles. The number of likely N-dealkylation sites (N-methyl/N-ethyl adjacent to an activating group) is 1. The predicted octanol–water partition coefficient (Wildman–Crippen LogP) is 0.892. The van der Waals surface area contributed by atoms with Crippen LogP contribution in [0.25, 0.3) is 0 Å². The van der Waals surface area contributed by atoms with E-state index >= 15 is 0 Å². The lowest BCUT2D eigenvalue weighted by Gasteiger charge is -2.33.